The van der Waals surface area contributed by atoms with E-state index in [-0.39, 0.29) is 11.8 Å². The zero-order valence-electron chi connectivity index (χ0n) is 16.8. The summed E-state index contributed by atoms with van der Waals surface area (Å²) in [6, 6.07) is 20.7. The Kier molecular flexibility index (Phi) is 7.09. The summed E-state index contributed by atoms with van der Waals surface area (Å²) in [5.74, 6) is 0.505. The van der Waals surface area contributed by atoms with E-state index < -0.39 is 0 Å². The molecule has 0 saturated carbocycles. The molecular formula is C24H23ClN2O3. The minimum atomic E-state index is -0.282. The Morgan fingerprint density at radius 2 is 1.40 bits per heavy atom. The number of ether oxygens (including phenoxy) is 1. The van der Waals surface area contributed by atoms with Crippen LogP contribution in [0.3, 0.4) is 0 Å². The van der Waals surface area contributed by atoms with Crippen LogP contribution in [0.1, 0.15) is 34.6 Å². The number of amides is 2. The van der Waals surface area contributed by atoms with Crippen molar-refractivity contribution in [2.24, 2.45) is 5.92 Å². The third-order valence-corrected chi connectivity index (χ3v) is 4.38. The number of hydrogen-bond donors (Lipinski definition) is 2. The van der Waals surface area contributed by atoms with Crippen LogP contribution in [0.2, 0.25) is 5.02 Å². The van der Waals surface area contributed by atoms with E-state index in [0.717, 1.165) is 0 Å². The molecule has 5 nitrogen and oxygen atoms in total. The van der Waals surface area contributed by atoms with Gasteiger partial charge in [-0.3, -0.25) is 9.59 Å². The van der Waals surface area contributed by atoms with Crippen LogP contribution in [-0.2, 0) is 0 Å². The molecular weight excluding hydrogens is 400 g/mol. The molecule has 6 heteroatoms. The predicted molar refractivity (Wildman–Crippen MR) is 121 cm³/mol. The quantitative estimate of drug-likeness (QED) is 0.499. The zero-order chi connectivity index (χ0) is 21.5. The first-order chi connectivity index (χ1) is 14.4. The fraction of sp³-hybridized carbons (Fsp3) is 0.167. The molecule has 0 saturated heterocycles. The first-order valence-electron chi connectivity index (χ1n) is 9.62. The Morgan fingerprint density at radius 1 is 0.833 bits per heavy atom. The molecule has 0 bridgehead atoms. The second-order valence-electron chi connectivity index (χ2n) is 7.23. The van der Waals surface area contributed by atoms with Crippen molar-refractivity contribution in [3.63, 3.8) is 0 Å². The van der Waals surface area contributed by atoms with Gasteiger partial charge in [0.2, 0.25) is 0 Å². The molecule has 154 valence electrons. The number of anilines is 2. The van der Waals surface area contributed by atoms with Crippen LogP contribution in [0.25, 0.3) is 0 Å². The third kappa shape index (κ3) is 6.09. The summed E-state index contributed by atoms with van der Waals surface area (Å²) in [6.07, 6.45) is 0. The lowest BCUT2D eigenvalue weighted by atomic mass is 10.2. The maximum atomic E-state index is 12.6. The highest BCUT2D eigenvalue weighted by molar-refractivity contribution is 6.31. The summed E-state index contributed by atoms with van der Waals surface area (Å²) in [6.45, 7) is 4.71. The maximum Gasteiger partial charge on any atom is 0.255 e. The fourth-order valence-corrected chi connectivity index (χ4v) is 2.89. The highest BCUT2D eigenvalue weighted by Crippen LogP contribution is 2.20. The fourth-order valence-electron chi connectivity index (χ4n) is 2.70. The highest BCUT2D eigenvalue weighted by atomic mass is 35.5. The molecule has 0 spiro atoms. The SMILES string of the molecule is CC(C)COc1cccc(C(=O)Nc2cccc(NC(=O)c3cccc(Cl)c3)c2)c1. The van der Waals surface area contributed by atoms with E-state index in [0.29, 0.717) is 45.8 Å². The number of benzene rings is 3. The Hall–Kier alpha value is -3.31. The van der Waals surface area contributed by atoms with Crippen LogP contribution < -0.4 is 15.4 Å². The van der Waals surface area contributed by atoms with Crippen molar-refractivity contribution in [2.75, 3.05) is 17.2 Å². The van der Waals surface area contributed by atoms with Gasteiger partial charge in [0.25, 0.3) is 11.8 Å². The van der Waals surface area contributed by atoms with E-state index >= 15 is 0 Å². The number of nitrogens with one attached hydrogen (secondary N) is 2. The number of carbonyl (C=O) groups is 2. The Labute approximate surface area is 181 Å². The Bertz CT molecular complexity index is 1050. The minimum Gasteiger partial charge on any atom is -0.493 e. The van der Waals surface area contributed by atoms with Gasteiger partial charge in [0.1, 0.15) is 5.75 Å². The number of carbonyl (C=O) groups excluding carboxylic acids is 2. The monoisotopic (exact) mass is 422 g/mol. The third-order valence-electron chi connectivity index (χ3n) is 4.14. The summed E-state index contributed by atoms with van der Waals surface area (Å²) in [4.78, 5) is 25.0. The Balaban J connectivity index is 1.67. The summed E-state index contributed by atoms with van der Waals surface area (Å²) in [7, 11) is 0. The van der Waals surface area contributed by atoms with E-state index in [9.17, 15) is 9.59 Å². The highest BCUT2D eigenvalue weighted by Gasteiger charge is 2.10. The topological polar surface area (TPSA) is 67.4 Å². The van der Waals surface area contributed by atoms with Crippen LogP contribution in [-0.4, -0.2) is 18.4 Å². The van der Waals surface area contributed by atoms with Crippen LogP contribution in [0.4, 0.5) is 11.4 Å². The number of halogens is 1. The molecule has 30 heavy (non-hydrogen) atoms. The predicted octanol–water partition coefficient (Wildman–Crippen LogP) is 5.88. The molecule has 0 aliphatic rings. The van der Waals surface area contributed by atoms with Crippen molar-refractivity contribution in [3.8, 4) is 5.75 Å². The molecule has 0 fully saturated rings. The molecule has 0 unspecified atom stereocenters. The maximum absolute atomic E-state index is 12.6. The van der Waals surface area contributed by atoms with Crippen molar-refractivity contribution in [1.29, 1.82) is 0 Å². The average Bonchev–Trinajstić information content (AvgIpc) is 2.72. The first-order valence-corrected chi connectivity index (χ1v) is 10.00. The van der Waals surface area contributed by atoms with Crippen molar-refractivity contribution in [1.82, 2.24) is 0 Å². The molecule has 2 amide bonds. The van der Waals surface area contributed by atoms with Gasteiger partial charge >= 0.3 is 0 Å². The van der Waals surface area contributed by atoms with Gasteiger partial charge in [0.05, 0.1) is 6.61 Å². The van der Waals surface area contributed by atoms with Crippen LogP contribution in [0.5, 0.6) is 5.75 Å². The zero-order valence-corrected chi connectivity index (χ0v) is 17.6. The largest absolute Gasteiger partial charge is 0.493 e. The molecule has 0 heterocycles. The molecule has 0 aliphatic carbocycles. The molecule has 2 N–H and O–H groups in total. The van der Waals surface area contributed by atoms with E-state index in [1.807, 2.05) is 6.07 Å². The molecule has 0 atom stereocenters. The van der Waals surface area contributed by atoms with Crippen molar-refractivity contribution >= 4 is 34.8 Å². The number of rotatable bonds is 7. The lowest BCUT2D eigenvalue weighted by Gasteiger charge is -2.11. The smallest absolute Gasteiger partial charge is 0.255 e. The van der Waals surface area contributed by atoms with Crippen LogP contribution in [0.15, 0.2) is 72.8 Å². The first kappa shape index (κ1) is 21.4. The van der Waals surface area contributed by atoms with Crippen molar-refractivity contribution in [2.45, 2.75) is 13.8 Å². The second-order valence-corrected chi connectivity index (χ2v) is 7.67. The molecule has 0 aromatic heterocycles. The molecule has 3 aromatic carbocycles. The van der Waals surface area contributed by atoms with E-state index in [4.69, 9.17) is 16.3 Å². The summed E-state index contributed by atoms with van der Waals surface area (Å²) >= 11 is 5.94. The molecule has 0 aliphatic heterocycles. The Morgan fingerprint density at radius 3 is 2.00 bits per heavy atom. The van der Waals surface area contributed by atoms with Gasteiger partial charge in [0, 0.05) is 27.5 Å². The van der Waals surface area contributed by atoms with Gasteiger partial charge in [-0.1, -0.05) is 43.6 Å². The van der Waals surface area contributed by atoms with Gasteiger partial charge in [0.15, 0.2) is 0 Å². The molecule has 0 radical (unpaired) electrons. The minimum absolute atomic E-state index is 0.261. The number of hydrogen-bond acceptors (Lipinski definition) is 3. The van der Waals surface area contributed by atoms with Gasteiger partial charge in [-0.15, -0.1) is 0 Å². The van der Waals surface area contributed by atoms with Gasteiger partial charge in [-0.2, -0.15) is 0 Å². The van der Waals surface area contributed by atoms with Crippen LogP contribution in [0, 0.1) is 5.92 Å². The summed E-state index contributed by atoms with van der Waals surface area (Å²) in [5.41, 5.74) is 2.07. The second kappa shape index (κ2) is 9.94. The lowest BCUT2D eigenvalue weighted by Crippen LogP contribution is -2.14. The van der Waals surface area contributed by atoms with Crippen LogP contribution >= 0.6 is 11.6 Å². The van der Waals surface area contributed by atoms with E-state index in [2.05, 4.69) is 24.5 Å². The van der Waals surface area contributed by atoms with Crippen molar-refractivity contribution < 1.29 is 14.3 Å². The van der Waals surface area contributed by atoms with Gasteiger partial charge in [-0.25, -0.2) is 0 Å². The summed E-state index contributed by atoms with van der Waals surface area (Å²) < 4.78 is 5.68. The van der Waals surface area contributed by atoms with Gasteiger partial charge < -0.3 is 15.4 Å². The normalized spacial score (nSPS) is 10.5. The summed E-state index contributed by atoms with van der Waals surface area (Å²) in [5, 5.41) is 6.14. The average molecular weight is 423 g/mol. The van der Waals surface area contributed by atoms with E-state index in [1.165, 1.54) is 0 Å². The standard InChI is InChI=1S/C24H23ClN2O3/c1-16(2)15-30-22-11-4-7-18(13-22)24(29)27-21-10-5-9-20(14-21)26-23(28)17-6-3-8-19(25)12-17/h3-14,16H,15H2,1-2H3,(H,26,28)(H,27,29). The lowest BCUT2D eigenvalue weighted by molar-refractivity contribution is 0.101. The molecule has 3 rings (SSSR count). The van der Waals surface area contributed by atoms with Crippen molar-refractivity contribution in [3.05, 3.63) is 88.9 Å². The van der Waals surface area contributed by atoms with E-state index in [1.54, 1.807) is 66.7 Å². The molecule has 3 aromatic rings. The van der Waals surface area contributed by atoms with Gasteiger partial charge in [-0.05, 0) is 60.5 Å².